The molecule has 64 heavy (non-hydrogen) atoms. The number of rotatable bonds is 22. The molecule has 3 aromatic rings. The number of allylic oxidation sites excluding steroid dienone is 2. The van der Waals surface area contributed by atoms with Crippen LogP contribution >= 0.6 is 0 Å². The molecule has 4 N–H and O–H groups in total. The van der Waals surface area contributed by atoms with Crippen molar-refractivity contribution in [1.29, 1.82) is 0 Å². The fourth-order valence-corrected chi connectivity index (χ4v) is 9.68. The van der Waals surface area contributed by atoms with E-state index in [4.69, 9.17) is 14.7 Å². The van der Waals surface area contributed by atoms with E-state index in [1.807, 2.05) is 38.1 Å². The summed E-state index contributed by atoms with van der Waals surface area (Å²) in [5.41, 5.74) is 10.9. The van der Waals surface area contributed by atoms with Crippen molar-refractivity contribution in [3.63, 3.8) is 0 Å². The van der Waals surface area contributed by atoms with Crippen LogP contribution in [0.25, 0.3) is 39.3 Å². The third-order valence-corrected chi connectivity index (χ3v) is 13.8. The van der Waals surface area contributed by atoms with Gasteiger partial charge in [-0.1, -0.05) is 105 Å². The fraction of sp³-hybridized carbons (Fsp3) is 0.537. The van der Waals surface area contributed by atoms with Gasteiger partial charge in [0, 0.05) is 57.1 Å². The number of aliphatic carboxylic acids is 2. The highest BCUT2D eigenvalue weighted by molar-refractivity contribution is 6.24. The zero-order valence-corrected chi connectivity index (χ0v) is 40.3. The Balaban J connectivity index is 1.40. The second-order valence-corrected chi connectivity index (χ2v) is 19.2. The molecule has 0 spiro atoms. The van der Waals surface area contributed by atoms with Gasteiger partial charge in [-0.2, -0.15) is 0 Å². The molecule has 0 saturated carbocycles. The van der Waals surface area contributed by atoms with Gasteiger partial charge in [0.15, 0.2) is 0 Å². The highest BCUT2D eigenvalue weighted by Crippen LogP contribution is 2.44. The zero-order valence-electron chi connectivity index (χ0n) is 40.3. The lowest BCUT2D eigenvalue weighted by molar-refractivity contribution is -0.142. The Morgan fingerprint density at radius 3 is 2.09 bits per heavy atom. The van der Waals surface area contributed by atoms with Gasteiger partial charge in [0.1, 0.15) is 6.61 Å². The number of carbonyl (C=O) groups is 3. The molecule has 2 aliphatic heterocycles. The summed E-state index contributed by atoms with van der Waals surface area (Å²) in [6.07, 6.45) is 15.6. The number of aryl methyl sites for hydroxylation is 3. The molecule has 2 aliphatic rings. The molecule has 0 radical (unpaired) electrons. The Morgan fingerprint density at radius 2 is 1.47 bits per heavy atom. The molecule has 0 amide bonds. The summed E-state index contributed by atoms with van der Waals surface area (Å²) in [4.78, 5) is 56.2. The van der Waals surface area contributed by atoms with Crippen LogP contribution < -0.4 is 0 Å². The smallest absolute Gasteiger partial charge is 0.338 e. The molecule has 5 rings (SSSR count). The third kappa shape index (κ3) is 12.3. The topological polar surface area (TPSA) is 158 Å². The van der Waals surface area contributed by atoms with Gasteiger partial charge in [-0.05, 0) is 118 Å². The van der Waals surface area contributed by atoms with Gasteiger partial charge >= 0.3 is 17.9 Å². The van der Waals surface area contributed by atoms with Crippen LogP contribution in [0.5, 0.6) is 0 Å². The van der Waals surface area contributed by atoms with Crippen molar-refractivity contribution in [3.8, 4) is 0 Å². The quantitative estimate of drug-likeness (QED) is 0.0574. The van der Waals surface area contributed by atoms with Crippen LogP contribution in [-0.4, -0.2) is 54.7 Å². The SMILES string of the molecule is C=Cc1c(C)c2cc3nc(c(CC(=O)O)c4nc(cc5[nH]c(cc1[nH]2)c(C)c5CC)C(C)=C4C(=O)O)[C@@H](CCC(=O)OC/C=C(\C)CCC[C@H](C)CCC[C@H](C)CCCC(C)C)[C@@H]3C. The Bertz CT molecular complexity index is 2430. The van der Waals surface area contributed by atoms with Gasteiger partial charge in [0.25, 0.3) is 0 Å². The molecule has 8 bridgehead atoms. The van der Waals surface area contributed by atoms with Crippen LogP contribution in [0.2, 0.25) is 0 Å². The summed E-state index contributed by atoms with van der Waals surface area (Å²) in [5.74, 6) is -1.07. The summed E-state index contributed by atoms with van der Waals surface area (Å²) >= 11 is 0. The highest BCUT2D eigenvalue weighted by Gasteiger charge is 2.35. The highest BCUT2D eigenvalue weighted by atomic mass is 16.5. The maximum absolute atomic E-state index is 13.3. The first kappa shape index (κ1) is 49.8. The number of carboxylic acids is 2. The molecule has 0 aromatic carbocycles. The predicted molar refractivity (Wildman–Crippen MR) is 261 cm³/mol. The van der Waals surface area contributed by atoms with Crippen LogP contribution in [0.3, 0.4) is 0 Å². The number of fused-ring (bicyclic) bond motifs is 8. The molecule has 0 aliphatic carbocycles. The van der Waals surface area contributed by atoms with Gasteiger partial charge in [-0.15, -0.1) is 0 Å². The number of carbonyl (C=O) groups excluding carboxylic acids is 1. The molecule has 0 fully saturated rings. The van der Waals surface area contributed by atoms with Gasteiger partial charge in [-0.3, -0.25) is 14.6 Å². The average Bonchev–Trinajstić information content (AvgIpc) is 3.91. The minimum Gasteiger partial charge on any atom is -0.481 e. The first-order valence-electron chi connectivity index (χ1n) is 23.8. The number of hydrogen-bond donors (Lipinski definition) is 4. The first-order chi connectivity index (χ1) is 30.4. The Hall–Kier alpha value is -5.25. The summed E-state index contributed by atoms with van der Waals surface area (Å²) in [6, 6.07) is 5.90. The minimum atomic E-state index is -1.20. The molecule has 5 heterocycles. The second kappa shape index (κ2) is 22.6. The summed E-state index contributed by atoms with van der Waals surface area (Å²) < 4.78 is 5.73. The van der Waals surface area contributed by atoms with E-state index < -0.39 is 24.3 Å². The van der Waals surface area contributed by atoms with Crippen molar-refractivity contribution in [3.05, 3.63) is 87.0 Å². The number of nitrogens with zero attached hydrogens (tertiary/aromatic N) is 2. The molecule has 0 saturated heterocycles. The molecule has 0 unspecified atom stereocenters. The van der Waals surface area contributed by atoms with Gasteiger partial charge in [0.2, 0.25) is 0 Å². The Labute approximate surface area is 381 Å². The largest absolute Gasteiger partial charge is 0.481 e. The Morgan fingerprint density at radius 1 is 0.828 bits per heavy atom. The number of nitrogens with one attached hydrogen (secondary N) is 2. The van der Waals surface area contributed by atoms with Crippen molar-refractivity contribution >= 4 is 57.2 Å². The summed E-state index contributed by atoms with van der Waals surface area (Å²) in [5, 5.41) is 21.0. The molecule has 10 heteroatoms. The van der Waals surface area contributed by atoms with Crippen molar-refractivity contribution in [2.45, 2.75) is 165 Å². The third-order valence-electron chi connectivity index (χ3n) is 13.8. The van der Waals surface area contributed by atoms with Crippen LogP contribution in [0, 0.1) is 31.6 Å². The molecule has 3 aromatic heterocycles. The van der Waals surface area contributed by atoms with Crippen LogP contribution in [-0.2, 0) is 32.0 Å². The first-order valence-corrected chi connectivity index (χ1v) is 23.8. The normalized spacial score (nSPS) is 16.3. The molecule has 10 nitrogen and oxygen atoms in total. The minimum absolute atomic E-state index is 0.0555. The number of hydrogen-bond acceptors (Lipinski definition) is 6. The molecule has 4 atom stereocenters. The van der Waals surface area contributed by atoms with E-state index in [0.717, 1.165) is 75.4 Å². The molecular formula is C54H74N4O6. The summed E-state index contributed by atoms with van der Waals surface area (Å²) in [6.45, 7) is 25.6. The predicted octanol–water partition coefficient (Wildman–Crippen LogP) is 13.4. The van der Waals surface area contributed by atoms with Gasteiger partial charge < -0.3 is 24.9 Å². The van der Waals surface area contributed by atoms with Crippen LogP contribution in [0.15, 0.2) is 36.4 Å². The molecular weight excluding hydrogens is 801 g/mol. The number of ether oxygens (including phenoxy) is 1. The lowest BCUT2D eigenvalue weighted by Crippen LogP contribution is -2.14. The van der Waals surface area contributed by atoms with Gasteiger partial charge in [0.05, 0.1) is 29.1 Å². The Kier molecular flexibility index (Phi) is 17.6. The lowest BCUT2D eigenvalue weighted by atomic mass is 9.84. The van der Waals surface area contributed by atoms with Crippen molar-refractivity contribution in [2.24, 2.45) is 17.8 Å². The summed E-state index contributed by atoms with van der Waals surface area (Å²) in [7, 11) is 0. The maximum atomic E-state index is 13.3. The van der Waals surface area contributed by atoms with E-state index in [-0.39, 0.29) is 41.7 Å². The van der Waals surface area contributed by atoms with Gasteiger partial charge in [-0.25, -0.2) is 9.78 Å². The van der Waals surface area contributed by atoms with E-state index >= 15 is 0 Å². The van der Waals surface area contributed by atoms with Crippen molar-refractivity contribution in [2.75, 3.05) is 6.61 Å². The number of esters is 1. The van der Waals surface area contributed by atoms with E-state index in [9.17, 15) is 24.6 Å². The van der Waals surface area contributed by atoms with E-state index in [0.29, 0.717) is 35.0 Å². The van der Waals surface area contributed by atoms with Crippen molar-refractivity contribution in [1.82, 2.24) is 19.9 Å². The van der Waals surface area contributed by atoms with Crippen molar-refractivity contribution < 1.29 is 29.3 Å². The van der Waals surface area contributed by atoms with E-state index in [2.05, 4.69) is 71.1 Å². The number of carboxylic acid groups (broad SMARTS) is 2. The standard InChI is InChI=1S/C54H74N4O6/c1-12-39-35(8)43-28-45-37(10)41(23-24-50(61)64-26-25-34(7)22-16-21-33(6)20-15-19-32(5)18-14-17-31(3)4)52(57-45)42(27-49(59)60)53-51(54(62)63)38(11)46(58-53)30-48-40(13-2)36(9)44(56-48)29-47(39)55-43/h12,25,28-33,37,41,55-56H,1,13-24,26-27H2,2-11H3,(H,59,60)(H,62,63)/b34-25+,43-28?,44-29?,45-28?,46-30?,47-29?,48-30?,52-42?,53-42?/t32-,33-,37+,41+/m1/s1. The number of H-pyrrole nitrogens is 2. The number of aromatic nitrogens is 4. The van der Waals surface area contributed by atoms with E-state index in [1.54, 1.807) is 6.92 Å². The lowest BCUT2D eigenvalue weighted by Gasteiger charge is -2.18. The van der Waals surface area contributed by atoms with E-state index in [1.165, 1.54) is 50.5 Å². The average molecular weight is 875 g/mol. The fourth-order valence-electron chi connectivity index (χ4n) is 9.68. The number of aromatic amines is 2. The zero-order chi connectivity index (χ0) is 46.8. The van der Waals surface area contributed by atoms with Crippen LogP contribution in [0.4, 0.5) is 0 Å². The maximum Gasteiger partial charge on any atom is 0.338 e. The monoisotopic (exact) mass is 875 g/mol. The van der Waals surface area contributed by atoms with Crippen LogP contribution in [0.1, 0.15) is 188 Å². The molecule has 346 valence electrons. The second-order valence-electron chi connectivity index (χ2n) is 19.2.